The quantitative estimate of drug-likeness (QED) is 0.839. The molecule has 0 bridgehead atoms. The lowest BCUT2D eigenvalue weighted by molar-refractivity contribution is -0.162. The zero-order valence-electron chi connectivity index (χ0n) is 12.1. The topological polar surface area (TPSA) is 52.7 Å². The number of halogens is 4. The first-order valence-electron chi connectivity index (χ1n) is 6.91. The molecule has 0 aliphatic carbocycles. The number of alkyl halides is 3. The maximum absolute atomic E-state index is 12.2. The van der Waals surface area contributed by atoms with E-state index in [4.69, 9.17) is 0 Å². The Hall–Kier alpha value is -1.77. The Bertz CT molecular complexity index is 587. The van der Waals surface area contributed by atoms with Crippen molar-refractivity contribution >= 4 is 33.6 Å². The largest absolute Gasteiger partial charge is 0.397 e. The molecular formula is C14H15BrF3N3O2. The van der Waals surface area contributed by atoms with Crippen LogP contribution in [-0.2, 0) is 4.79 Å². The number of piperazine rings is 1. The van der Waals surface area contributed by atoms with Crippen molar-refractivity contribution in [3.63, 3.8) is 0 Å². The Labute approximate surface area is 139 Å². The van der Waals surface area contributed by atoms with Gasteiger partial charge < -0.3 is 15.1 Å². The van der Waals surface area contributed by atoms with Gasteiger partial charge in [-0.05, 0) is 28.1 Å². The van der Waals surface area contributed by atoms with Crippen LogP contribution in [0, 0.1) is 0 Å². The van der Waals surface area contributed by atoms with Gasteiger partial charge in [-0.15, -0.1) is 0 Å². The minimum absolute atomic E-state index is 0.0955. The highest BCUT2D eigenvalue weighted by Gasteiger charge is 2.34. The molecule has 23 heavy (non-hydrogen) atoms. The predicted molar refractivity (Wildman–Crippen MR) is 82.0 cm³/mol. The maximum atomic E-state index is 12.2. The Morgan fingerprint density at radius 1 is 1.09 bits per heavy atom. The number of hydrogen-bond acceptors (Lipinski definition) is 2. The molecule has 9 heteroatoms. The summed E-state index contributed by atoms with van der Waals surface area (Å²) in [6.07, 6.45) is -5.97. The number of nitrogens with zero attached hydrogens (tertiary/aromatic N) is 2. The molecule has 3 amide bonds. The predicted octanol–water partition coefficient (Wildman–Crippen LogP) is 3.08. The van der Waals surface area contributed by atoms with Crippen LogP contribution in [-0.4, -0.2) is 54.1 Å². The highest BCUT2D eigenvalue weighted by Crippen LogP contribution is 2.23. The average Bonchev–Trinajstić information content (AvgIpc) is 2.48. The Morgan fingerprint density at radius 3 is 2.22 bits per heavy atom. The van der Waals surface area contributed by atoms with Crippen LogP contribution in [0.25, 0.3) is 0 Å². The van der Waals surface area contributed by atoms with Crippen molar-refractivity contribution in [1.82, 2.24) is 9.80 Å². The van der Waals surface area contributed by atoms with E-state index >= 15 is 0 Å². The average molecular weight is 394 g/mol. The van der Waals surface area contributed by atoms with E-state index in [1.54, 1.807) is 18.2 Å². The number of carbonyl (C=O) groups excluding carboxylic acids is 2. The molecule has 0 saturated carbocycles. The molecule has 1 aliphatic heterocycles. The van der Waals surface area contributed by atoms with Crippen LogP contribution in [0.2, 0.25) is 0 Å². The Morgan fingerprint density at radius 2 is 1.65 bits per heavy atom. The summed E-state index contributed by atoms with van der Waals surface area (Å²) < 4.78 is 37.4. The van der Waals surface area contributed by atoms with E-state index < -0.39 is 18.5 Å². The number of anilines is 1. The number of amides is 3. The molecule has 5 nitrogen and oxygen atoms in total. The van der Waals surface area contributed by atoms with Crippen LogP contribution in [0.15, 0.2) is 28.7 Å². The number of benzene rings is 1. The van der Waals surface area contributed by atoms with Crippen LogP contribution in [0.3, 0.4) is 0 Å². The fraction of sp³-hybridized carbons (Fsp3) is 0.429. The number of hydrogen-bond donors (Lipinski definition) is 1. The van der Waals surface area contributed by atoms with Gasteiger partial charge in [0.2, 0.25) is 5.91 Å². The summed E-state index contributed by atoms with van der Waals surface area (Å²) in [5, 5.41) is 2.72. The lowest BCUT2D eigenvalue weighted by Gasteiger charge is -2.35. The summed E-state index contributed by atoms with van der Waals surface area (Å²) in [6.45, 7) is 0.580. The first-order chi connectivity index (χ1) is 10.8. The lowest BCUT2D eigenvalue weighted by Crippen LogP contribution is -2.52. The highest BCUT2D eigenvalue weighted by molar-refractivity contribution is 9.10. The van der Waals surface area contributed by atoms with Crippen molar-refractivity contribution in [1.29, 1.82) is 0 Å². The van der Waals surface area contributed by atoms with Gasteiger partial charge in [0.25, 0.3) is 0 Å². The van der Waals surface area contributed by atoms with Crippen LogP contribution in [0.4, 0.5) is 23.7 Å². The fourth-order valence-electron chi connectivity index (χ4n) is 2.20. The summed E-state index contributed by atoms with van der Waals surface area (Å²) in [4.78, 5) is 26.2. The third-order valence-electron chi connectivity index (χ3n) is 3.39. The zero-order chi connectivity index (χ0) is 17.0. The van der Waals surface area contributed by atoms with Crippen molar-refractivity contribution in [2.75, 3.05) is 31.5 Å². The second kappa shape index (κ2) is 7.20. The molecule has 1 N–H and O–H groups in total. The van der Waals surface area contributed by atoms with E-state index in [9.17, 15) is 22.8 Å². The van der Waals surface area contributed by atoms with E-state index in [0.717, 1.165) is 9.37 Å². The van der Waals surface area contributed by atoms with Gasteiger partial charge in [0.05, 0.1) is 5.69 Å². The van der Waals surface area contributed by atoms with Crippen molar-refractivity contribution in [2.45, 2.75) is 12.6 Å². The smallest absolute Gasteiger partial charge is 0.339 e. The number of rotatable bonds is 2. The number of carbonyl (C=O) groups is 2. The van der Waals surface area contributed by atoms with Crippen molar-refractivity contribution in [3.8, 4) is 0 Å². The third-order valence-corrected chi connectivity index (χ3v) is 4.08. The molecule has 1 heterocycles. The zero-order valence-corrected chi connectivity index (χ0v) is 13.7. The van der Waals surface area contributed by atoms with E-state index in [1.165, 1.54) is 4.90 Å². The SMILES string of the molecule is O=C(CC(F)(F)F)N1CCN(C(=O)Nc2ccccc2Br)CC1. The second-order valence-corrected chi connectivity index (χ2v) is 5.92. The number of nitrogens with one attached hydrogen (secondary N) is 1. The molecule has 0 atom stereocenters. The van der Waals surface area contributed by atoms with Crippen LogP contribution >= 0.6 is 15.9 Å². The molecule has 0 spiro atoms. The standard InChI is InChI=1S/C14H15BrF3N3O2/c15-10-3-1-2-4-11(10)19-13(23)21-7-5-20(6-8-21)12(22)9-14(16,17)18/h1-4H,5-9H2,(H,19,23). The van der Waals surface area contributed by atoms with E-state index in [0.29, 0.717) is 5.69 Å². The van der Waals surface area contributed by atoms with Crippen LogP contribution in [0.1, 0.15) is 6.42 Å². The van der Waals surface area contributed by atoms with Gasteiger partial charge in [-0.3, -0.25) is 4.79 Å². The Balaban J connectivity index is 1.85. The van der Waals surface area contributed by atoms with E-state index in [-0.39, 0.29) is 32.2 Å². The first-order valence-corrected chi connectivity index (χ1v) is 7.70. The molecular weight excluding hydrogens is 379 g/mol. The maximum Gasteiger partial charge on any atom is 0.397 e. The summed E-state index contributed by atoms with van der Waals surface area (Å²) in [6, 6.07) is 6.74. The summed E-state index contributed by atoms with van der Waals surface area (Å²) in [7, 11) is 0. The third kappa shape index (κ3) is 5.12. The minimum Gasteiger partial charge on any atom is -0.339 e. The molecule has 1 aromatic carbocycles. The molecule has 0 radical (unpaired) electrons. The van der Waals surface area contributed by atoms with Gasteiger partial charge in [0.15, 0.2) is 0 Å². The van der Waals surface area contributed by atoms with E-state index in [1.807, 2.05) is 6.07 Å². The number of urea groups is 1. The van der Waals surface area contributed by atoms with Crippen molar-refractivity contribution in [3.05, 3.63) is 28.7 Å². The van der Waals surface area contributed by atoms with Gasteiger partial charge in [0.1, 0.15) is 6.42 Å². The van der Waals surface area contributed by atoms with Gasteiger partial charge in [-0.25, -0.2) is 4.79 Å². The molecule has 1 fully saturated rings. The van der Waals surface area contributed by atoms with E-state index in [2.05, 4.69) is 21.2 Å². The molecule has 126 valence electrons. The van der Waals surface area contributed by atoms with Gasteiger partial charge in [-0.1, -0.05) is 12.1 Å². The summed E-state index contributed by atoms with van der Waals surface area (Å²) >= 11 is 3.31. The summed E-state index contributed by atoms with van der Waals surface area (Å²) in [5.74, 6) is -0.955. The molecule has 0 unspecified atom stereocenters. The van der Waals surface area contributed by atoms with Gasteiger partial charge in [-0.2, -0.15) is 13.2 Å². The molecule has 2 rings (SSSR count). The highest BCUT2D eigenvalue weighted by atomic mass is 79.9. The lowest BCUT2D eigenvalue weighted by atomic mass is 10.2. The normalized spacial score (nSPS) is 15.5. The first kappa shape index (κ1) is 17.6. The van der Waals surface area contributed by atoms with Crippen molar-refractivity contribution < 1.29 is 22.8 Å². The van der Waals surface area contributed by atoms with Gasteiger partial charge >= 0.3 is 12.2 Å². The fourth-order valence-corrected chi connectivity index (χ4v) is 2.58. The van der Waals surface area contributed by atoms with Crippen molar-refractivity contribution in [2.24, 2.45) is 0 Å². The monoisotopic (exact) mass is 393 g/mol. The van der Waals surface area contributed by atoms with Crippen LogP contribution in [0.5, 0.6) is 0 Å². The Kier molecular flexibility index (Phi) is 5.51. The minimum atomic E-state index is -4.51. The molecule has 1 saturated heterocycles. The van der Waals surface area contributed by atoms with Gasteiger partial charge in [0, 0.05) is 30.7 Å². The van der Waals surface area contributed by atoms with Crippen LogP contribution < -0.4 is 5.32 Å². The second-order valence-electron chi connectivity index (χ2n) is 5.07. The number of para-hydroxylation sites is 1. The molecule has 1 aliphatic rings. The summed E-state index contributed by atoms with van der Waals surface area (Å²) in [5.41, 5.74) is 0.605. The molecule has 1 aromatic rings. The molecule has 0 aromatic heterocycles.